The summed E-state index contributed by atoms with van der Waals surface area (Å²) in [5.41, 5.74) is 2.21. The Bertz CT molecular complexity index is 743. The molecule has 0 atom stereocenters. The van der Waals surface area contributed by atoms with Crippen molar-refractivity contribution < 1.29 is 19.0 Å². The average molecular weight is 371 g/mol. The molecule has 146 valence electrons. The van der Waals surface area contributed by atoms with Crippen LogP contribution in [0.3, 0.4) is 0 Å². The highest BCUT2D eigenvalue weighted by Gasteiger charge is 2.08. The number of hydrogen-bond acceptors (Lipinski definition) is 4. The van der Waals surface area contributed by atoms with Gasteiger partial charge in [-0.15, -0.1) is 0 Å². The lowest BCUT2D eigenvalue weighted by atomic mass is 10.0. The molecule has 0 spiro atoms. The minimum Gasteiger partial charge on any atom is -0.493 e. The van der Waals surface area contributed by atoms with Gasteiger partial charge >= 0.3 is 0 Å². The van der Waals surface area contributed by atoms with Crippen LogP contribution in [0.1, 0.15) is 37.3 Å². The van der Waals surface area contributed by atoms with E-state index in [1.165, 1.54) is 5.56 Å². The second kappa shape index (κ2) is 10.5. The Balaban J connectivity index is 1.74. The van der Waals surface area contributed by atoms with Crippen LogP contribution < -0.4 is 19.5 Å². The van der Waals surface area contributed by atoms with Crippen molar-refractivity contribution in [3.8, 4) is 17.2 Å². The quantitative estimate of drug-likeness (QED) is 0.643. The molecule has 0 radical (unpaired) electrons. The van der Waals surface area contributed by atoms with Gasteiger partial charge in [0.2, 0.25) is 5.91 Å². The molecule has 0 aliphatic carbocycles. The molecule has 27 heavy (non-hydrogen) atoms. The molecule has 0 aliphatic rings. The Morgan fingerprint density at radius 2 is 1.74 bits per heavy atom. The summed E-state index contributed by atoms with van der Waals surface area (Å²) >= 11 is 0. The molecule has 0 aliphatic heterocycles. The van der Waals surface area contributed by atoms with E-state index < -0.39 is 0 Å². The van der Waals surface area contributed by atoms with E-state index in [0.29, 0.717) is 43.4 Å². The van der Waals surface area contributed by atoms with Gasteiger partial charge in [0, 0.05) is 6.42 Å². The van der Waals surface area contributed by atoms with Crippen LogP contribution in [-0.2, 0) is 11.2 Å². The lowest BCUT2D eigenvalue weighted by molar-refractivity contribution is -0.121. The first-order valence-corrected chi connectivity index (χ1v) is 9.24. The number of ether oxygens (including phenoxy) is 3. The van der Waals surface area contributed by atoms with Crippen LogP contribution in [0.5, 0.6) is 17.2 Å². The Labute approximate surface area is 161 Å². The number of hydrogen-bond donors (Lipinski definition) is 1. The van der Waals surface area contributed by atoms with Crippen LogP contribution in [-0.4, -0.2) is 33.3 Å². The van der Waals surface area contributed by atoms with Crippen molar-refractivity contribution in [2.45, 2.75) is 32.6 Å². The van der Waals surface area contributed by atoms with Gasteiger partial charge in [-0.1, -0.05) is 38.1 Å². The van der Waals surface area contributed by atoms with Gasteiger partial charge in [0.05, 0.1) is 20.8 Å². The van der Waals surface area contributed by atoms with E-state index in [9.17, 15) is 4.79 Å². The SMILES string of the molecule is COc1ccc(CCC(=O)NCCOc2ccccc2C(C)C)cc1OC. The number of amides is 1. The summed E-state index contributed by atoms with van der Waals surface area (Å²) in [6.45, 7) is 5.21. The highest BCUT2D eigenvalue weighted by molar-refractivity contribution is 5.76. The van der Waals surface area contributed by atoms with Crippen molar-refractivity contribution in [1.82, 2.24) is 5.32 Å². The number of rotatable bonds is 10. The average Bonchev–Trinajstić information content (AvgIpc) is 2.69. The van der Waals surface area contributed by atoms with Crippen LogP contribution in [0.15, 0.2) is 42.5 Å². The fourth-order valence-corrected chi connectivity index (χ4v) is 2.82. The number of carbonyl (C=O) groups is 1. The molecule has 1 amide bonds. The highest BCUT2D eigenvalue weighted by atomic mass is 16.5. The van der Waals surface area contributed by atoms with Crippen molar-refractivity contribution >= 4 is 5.91 Å². The molecule has 2 aromatic rings. The molecule has 0 aromatic heterocycles. The van der Waals surface area contributed by atoms with E-state index in [0.717, 1.165) is 11.3 Å². The third-order valence-electron chi connectivity index (χ3n) is 4.31. The summed E-state index contributed by atoms with van der Waals surface area (Å²) in [6.07, 6.45) is 1.06. The third kappa shape index (κ3) is 6.20. The molecule has 0 bridgehead atoms. The van der Waals surface area contributed by atoms with Crippen molar-refractivity contribution in [3.05, 3.63) is 53.6 Å². The molecular weight excluding hydrogens is 342 g/mol. The smallest absolute Gasteiger partial charge is 0.220 e. The second-order valence-electron chi connectivity index (χ2n) is 6.58. The zero-order valence-corrected chi connectivity index (χ0v) is 16.6. The van der Waals surface area contributed by atoms with Gasteiger partial charge in [0.15, 0.2) is 11.5 Å². The minimum absolute atomic E-state index is 0.00512. The summed E-state index contributed by atoms with van der Waals surface area (Å²) in [7, 11) is 3.21. The predicted octanol–water partition coefficient (Wildman–Crippen LogP) is 3.96. The molecule has 0 unspecified atom stereocenters. The first-order valence-electron chi connectivity index (χ1n) is 9.24. The summed E-state index contributed by atoms with van der Waals surface area (Å²) < 4.78 is 16.3. The first kappa shape index (κ1) is 20.6. The van der Waals surface area contributed by atoms with Crippen LogP contribution in [0.25, 0.3) is 0 Å². The molecular formula is C22H29NO4. The van der Waals surface area contributed by atoms with E-state index in [2.05, 4.69) is 25.2 Å². The normalized spacial score (nSPS) is 10.6. The van der Waals surface area contributed by atoms with Crippen molar-refractivity contribution in [3.63, 3.8) is 0 Å². The Hall–Kier alpha value is -2.69. The highest BCUT2D eigenvalue weighted by Crippen LogP contribution is 2.28. The monoisotopic (exact) mass is 371 g/mol. The van der Waals surface area contributed by atoms with Gasteiger partial charge < -0.3 is 19.5 Å². The lowest BCUT2D eigenvalue weighted by Gasteiger charge is -2.14. The standard InChI is InChI=1S/C22H29NO4/c1-16(2)18-7-5-6-8-19(18)27-14-13-23-22(24)12-10-17-9-11-20(25-3)21(15-17)26-4/h5-9,11,15-16H,10,12-14H2,1-4H3,(H,23,24). The summed E-state index contributed by atoms with van der Waals surface area (Å²) in [6, 6.07) is 13.7. The predicted molar refractivity (Wildman–Crippen MR) is 107 cm³/mol. The number of methoxy groups -OCH3 is 2. The maximum atomic E-state index is 12.1. The van der Waals surface area contributed by atoms with Crippen LogP contribution in [0.4, 0.5) is 0 Å². The maximum Gasteiger partial charge on any atom is 0.220 e. The summed E-state index contributed by atoms with van der Waals surface area (Å²) in [5.74, 6) is 2.65. The van der Waals surface area contributed by atoms with E-state index in [1.807, 2.05) is 36.4 Å². The van der Waals surface area contributed by atoms with Gasteiger partial charge in [-0.2, -0.15) is 0 Å². The fourth-order valence-electron chi connectivity index (χ4n) is 2.82. The topological polar surface area (TPSA) is 56.8 Å². The largest absolute Gasteiger partial charge is 0.493 e. The molecule has 2 aromatic carbocycles. The second-order valence-corrected chi connectivity index (χ2v) is 6.58. The number of benzene rings is 2. The van der Waals surface area contributed by atoms with Gasteiger partial charge in [-0.05, 0) is 41.7 Å². The number of aryl methyl sites for hydroxylation is 1. The molecule has 5 heteroatoms. The lowest BCUT2D eigenvalue weighted by Crippen LogP contribution is -2.28. The van der Waals surface area contributed by atoms with E-state index in [-0.39, 0.29) is 5.91 Å². The molecule has 0 saturated carbocycles. The molecule has 0 fully saturated rings. The van der Waals surface area contributed by atoms with Gasteiger partial charge in [-0.25, -0.2) is 0 Å². The molecule has 1 N–H and O–H groups in total. The zero-order chi connectivity index (χ0) is 19.6. The molecule has 0 saturated heterocycles. The van der Waals surface area contributed by atoms with Crippen molar-refractivity contribution in [2.75, 3.05) is 27.4 Å². The Kier molecular flexibility index (Phi) is 7.99. The maximum absolute atomic E-state index is 12.1. The Morgan fingerprint density at radius 1 is 1.00 bits per heavy atom. The zero-order valence-electron chi connectivity index (χ0n) is 16.6. The van der Waals surface area contributed by atoms with Crippen LogP contribution in [0, 0.1) is 0 Å². The minimum atomic E-state index is 0.00512. The van der Waals surface area contributed by atoms with E-state index >= 15 is 0 Å². The van der Waals surface area contributed by atoms with Crippen LogP contribution >= 0.6 is 0 Å². The first-order chi connectivity index (χ1) is 13.0. The molecule has 2 rings (SSSR count). The molecule has 5 nitrogen and oxygen atoms in total. The number of carbonyl (C=O) groups excluding carboxylic acids is 1. The Morgan fingerprint density at radius 3 is 2.44 bits per heavy atom. The van der Waals surface area contributed by atoms with E-state index in [4.69, 9.17) is 14.2 Å². The number of para-hydroxylation sites is 1. The van der Waals surface area contributed by atoms with E-state index in [1.54, 1.807) is 14.2 Å². The summed E-state index contributed by atoms with van der Waals surface area (Å²) in [4.78, 5) is 12.1. The molecule has 0 heterocycles. The third-order valence-corrected chi connectivity index (χ3v) is 4.31. The summed E-state index contributed by atoms with van der Waals surface area (Å²) in [5, 5.41) is 2.90. The van der Waals surface area contributed by atoms with Gasteiger partial charge in [-0.3, -0.25) is 4.79 Å². The van der Waals surface area contributed by atoms with Gasteiger partial charge in [0.25, 0.3) is 0 Å². The fraction of sp³-hybridized carbons (Fsp3) is 0.409. The van der Waals surface area contributed by atoms with Crippen molar-refractivity contribution in [2.24, 2.45) is 0 Å². The number of nitrogens with one attached hydrogen (secondary N) is 1. The van der Waals surface area contributed by atoms with Crippen LogP contribution in [0.2, 0.25) is 0 Å². The van der Waals surface area contributed by atoms with Gasteiger partial charge in [0.1, 0.15) is 12.4 Å². The van der Waals surface area contributed by atoms with Crippen molar-refractivity contribution in [1.29, 1.82) is 0 Å².